The van der Waals surface area contributed by atoms with Crippen LogP contribution < -0.4 is 0 Å². The molecule has 0 aromatic rings. The number of terminal acetylenes is 1. The Morgan fingerprint density at radius 1 is 1.64 bits per heavy atom. The van der Waals surface area contributed by atoms with E-state index in [4.69, 9.17) is 11.2 Å². The summed E-state index contributed by atoms with van der Waals surface area (Å²) in [5, 5.41) is 0. The Morgan fingerprint density at radius 2 is 2.18 bits per heavy atom. The summed E-state index contributed by atoms with van der Waals surface area (Å²) in [5.41, 5.74) is 0. The van der Waals surface area contributed by atoms with Crippen LogP contribution in [0.4, 0.5) is 0 Å². The van der Waals surface area contributed by atoms with Crippen LogP contribution in [-0.4, -0.2) is 12.1 Å². The van der Waals surface area contributed by atoms with Crippen LogP contribution in [0, 0.1) is 18.3 Å². The molecule has 0 rings (SSSR count). The fraction of sp³-hybridized carbons (Fsp3) is 0.667. The predicted molar refractivity (Wildman–Crippen MR) is 43.8 cm³/mol. The Balaban J connectivity index is 3.91. The summed E-state index contributed by atoms with van der Waals surface area (Å²) in [6.07, 6.45) is 5.47. The summed E-state index contributed by atoms with van der Waals surface area (Å²) in [4.78, 5) is 10.5. The van der Waals surface area contributed by atoms with Crippen molar-refractivity contribution in [3.05, 3.63) is 0 Å². The maximum absolute atomic E-state index is 10.5. The summed E-state index contributed by atoms with van der Waals surface area (Å²) < 4.78 is 4.97. The lowest BCUT2D eigenvalue weighted by atomic mass is 10.0. The van der Waals surface area contributed by atoms with Crippen molar-refractivity contribution in [3.8, 4) is 12.3 Å². The van der Waals surface area contributed by atoms with Crippen LogP contribution in [-0.2, 0) is 9.53 Å². The molecule has 0 heterocycles. The molecule has 0 bridgehead atoms. The molecule has 2 heteroatoms. The molecular formula is C9H14O2. The number of carbonyl (C=O) groups is 1. The Hall–Kier alpha value is -0.970. The second-order valence-corrected chi connectivity index (χ2v) is 2.80. The fourth-order valence-corrected chi connectivity index (χ4v) is 0.743. The van der Waals surface area contributed by atoms with Crippen molar-refractivity contribution < 1.29 is 9.53 Å². The van der Waals surface area contributed by atoms with Crippen LogP contribution in [0.2, 0.25) is 0 Å². The predicted octanol–water partition coefficient (Wildman–Crippen LogP) is 1.60. The molecule has 0 radical (unpaired) electrons. The minimum absolute atomic E-state index is 0.127. The molecule has 0 aliphatic heterocycles. The smallest absolute Gasteiger partial charge is 0.302 e. The maximum atomic E-state index is 10.5. The van der Waals surface area contributed by atoms with Crippen molar-refractivity contribution in [3.63, 3.8) is 0 Å². The van der Waals surface area contributed by atoms with Gasteiger partial charge in [0.2, 0.25) is 0 Å². The first-order chi connectivity index (χ1) is 5.07. The standard InChI is InChI=1S/C9H14O2/c1-5-6-9(7(2)3)11-8(4)10/h1,7,9H,6H2,2-4H3. The summed E-state index contributed by atoms with van der Waals surface area (Å²) in [5.74, 6) is 2.50. The number of carbonyl (C=O) groups excluding carboxylic acids is 1. The molecule has 0 aliphatic rings. The number of esters is 1. The van der Waals surface area contributed by atoms with Gasteiger partial charge in [0.25, 0.3) is 0 Å². The average Bonchev–Trinajstić information content (AvgIpc) is 1.86. The van der Waals surface area contributed by atoms with E-state index >= 15 is 0 Å². The van der Waals surface area contributed by atoms with E-state index in [0.717, 1.165) is 0 Å². The Bertz CT molecular complexity index is 165. The highest BCUT2D eigenvalue weighted by molar-refractivity contribution is 5.66. The van der Waals surface area contributed by atoms with Gasteiger partial charge < -0.3 is 4.74 Å². The van der Waals surface area contributed by atoms with E-state index in [-0.39, 0.29) is 18.0 Å². The molecule has 0 N–H and O–H groups in total. The minimum atomic E-state index is -0.265. The lowest BCUT2D eigenvalue weighted by Gasteiger charge is -2.17. The van der Waals surface area contributed by atoms with Crippen LogP contribution in [0.1, 0.15) is 27.2 Å². The third-order valence-corrected chi connectivity index (χ3v) is 1.38. The first kappa shape index (κ1) is 10.0. The molecule has 0 saturated carbocycles. The zero-order chi connectivity index (χ0) is 8.85. The first-order valence-corrected chi connectivity index (χ1v) is 3.68. The first-order valence-electron chi connectivity index (χ1n) is 3.68. The largest absolute Gasteiger partial charge is 0.461 e. The molecule has 1 atom stereocenters. The second kappa shape index (κ2) is 4.79. The van der Waals surface area contributed by atoms with Crippen LogP contribution >= 0.6 is 0 Å². The average molecular weight is 154 g/mol. The summed E-state index contributed by atoms with van der Waals surface area (Å²) in [6.45, 7) is 5.35. The van der Waals surface area contributed by atoms with Crippen LogP contribution in [0.5, 0.6) is 0 Å². The Kier molecular flexibility index (Phi) is 4.36. The van der Waals surface area contributed by atoms with Crippen molar-refractivity contribution in [2.75, 3.05) is 0 Å². The Morgan fingerprint density at radius 3 is 2.45 bits per heavy atom. The van der Waals surface area contributed by atoms with Gasteiger partial charge in [-0.15, -0.1) is 12.3 Å². The zero-order valence-corrected chi connectivity index (χ0v) is 7.26. The minimum Gasteiger partial charge on any atom is -0.461 e. The monoisotopic (exact) mass is 154 g/mol. The molecule has 2 nitrogen and oxygen atoms in total. The number of hydrogen-bond acceptors (Lipinski definition) is 2. The number of ether oxygens (including phenoxy) is 1. The van der Waals surface area contributed by atoms with Gasteiger partial charge in [0.05, 0.1) is 0 Å². The zero-order valence-electron chi connectivity index (χ0n) is 7.26. The van der Waals surface area contributed by atoms with Gasteiger partial charge in [0.1, 0.15) is 6.10 Å². The van der Waals surface area contributed by atoms with E-state index < -0.39 is 0 Å². The maximum Gasteiger partial charge on any atom is 0.302 e. The van der Waals surface area contributed by atoms with Gasteiger partial charge in [-0.3, -0.25) is 4.79 Å². The van der Waals surface area contributed by atoms with E-state index in [0.29, 0.717) is 6.42 Å². The van der Waals surface area contributed by atoms with E-state index in [1.165, 1.54) is 6.92 Å². The normalized spacial score (nSPS) is 12.3. The molecule has 0 fully saturated rings. The van der Waals surface area contributed by atoms with Gasteiger partial charge in [-0.1, -0.05) is 13.8 Å². The molecule has 62 valence electrons. The molecule has 1 unspecified atom stereocenters. The highest BCUT2D eigenvalue weighted by Crippen LogP contribution is 2.09. The fourth-order valence-electron chi connectivity index (χ4n) is 0.743. The van der Waals surface area contributed by atoms with Crippen molar-refractivity contribution in [2.45, 2.75) is 33.3 Å². The second-order valence-electron chi connectivity index (χ2n) is 2.80. The summed E-state index contributed by atoms with van der Waals surface area (Å²) in [7, 11) is 0. The van der Waals surface area contributed by atoms with Gasteiger partial charge in [0.15, 0.2) is 0 Å². The van der Waals surface area contributed by atoms with Crippen molar-refractivity contribution in [1.82, 2.24) is 0 Å². The molecule has 11 heavy (non-hydrogen) atoms. The quantitative estimate of drug-likeness (QED) is 0.456. The molecule has 0 aromatic carbocycles. The molecule has 0 aromatic heterocycles. The SMILES string of the molecule is C#CCC(OC(C)=O)C(C)C. The lowest BCUT2D eigenvalue weighted by Crippen LogP contribution is -2.21. The highest BCUT2D eigenvalue weighted by atomic mass is 16.5. The van der Waals surface area contributed by atoms with Crippen molar-refractivity contribution in [2.24, 2.45) is 5.92 Å². The van der Waals surface area contributed by atoms with Crippen molar-refractivity contribution >= 4 is 5.97 Å². The summed E-state index contributed by atoms with van der Waals surface area (Å²) >= 11 is 0. The molecule has 0 spiro atoms. The molecule has 0 saturated heterocycles. The van der Waals surface area contributed by atoms with E-state index in [2.05, 4.69) is 5.92 Å². The van der Waals surface area contributed by atoms with Gasteiger partial charge in [-0.2, -0.15) is 0 Å². The number of hydrogen-bond donors (Lipinski definition) is 0. The van der Waals surface area contributed by atoms with Crippen LogP contribution in [0.25, 0.3) is 0 Å². The van der Waals surface area contributed by atoms with Crippen molar-refractivity contribution in [1.29, 1.82) is 0 Å². The summed E-state index contributed by atoms with van der Waals surface area (Å²) in [6, 6.07) is 0. The van der Waals surface area contributed by atoms with Crippen LogP contribution in [0.3, 0.4) is 0 Å². The third kappa shape index (κ3) is 4.44. The van der Waals surface area contributed by atoms with E-state index in [9.17, 15) is 4.79 Å². The Labute approximate surface area is 67.9 Å². The highest BCUT2D eigenvalue weighted by Gasteiger charge is 2.14. The van der Waals surface area contributed by atoms with E-state index in [1.54, 1.807) is 0 Å². The van der Waals surface area contributed by atoms with Gasteiger partial charge in [-0.25, -0.2) is 0 Å². The number of rotatable bonds is 3. The molecular weight excluding hydrogens is 140 g/mol. The third-order valence-electron chi connectivity index (χ3n) is 1.38. The van der Waals surface area contributed by atoms with Crippen LogP contribution in [0.15, 0.2) is 0 Å². The topological polar surface area (TPSA) is 26.3 Å². The molecule has 0 amide bonds. The van der Waals surface area contributed by atoms with Gasteiger partial charge in [-0.05, 0) is 5.92 Å². The van der Waals surface area contributed by atoms with Gasteiger partial charge >= 0.3 is 5.97 Å². The lowest BCUT2D eigenvalue weighted by molar-refractivity contribution is -0.148. The van der Waals surface area contributed by atoms with Gasteiger partial charge in [0, 0.05) is 13.3 Å². The van der Waals surface area contributed by atoms with E-state index in [1.807, 2.05) is 13.8 Å². The molecule has 0 aliphatic carbocycles.